The van der Waals surface area contributed by atoms with Crippen molar-refractivity contribution in [3.8, 4) is 0 Å². The van der Waals surface area contributed by atoms with Crippen LogP contribution in [0.5, 0.6) is 0 Å². The van der Waals surface area contributed by atoms with Crippen molar-refractivity contribution in [2.24, 2.45) is 0 Å². The minimum Gasteiger partial charge on any atom is -0.345 e. The Hall–Kier alpha value is -1.65. The van der Waals surface area contributed by atoms with Gasteiger partial charge in [0.05, 0.1) is 0 Å². The highest BCUT2D eigenvalue weighted by Gasteiger charge is 2.25. The van der Waals surface area contributed by atoms with Crippen molar-refractivity contribution in [2.75, 3.05) is 33.7 Å². The average Bonchev–Trinajstić information content (AvgIpc) is 3.14. The molecule has 2 aromatic rings. The molecule has 0 bridgehead atoms. The fraction of sp³-hybridized carbons (Fsp3) is 0.500. The maximum absolute atomic E-state index is 4.60. The van der Waals surface area contributed by atoms with Crippen LogP contribution in [0.4, 0.5) is 0 Å². The summed E-state index contributed by atoms with van der Waals surface area (Å²) in [5.41, 5.74) is 2.64. The van der Waals surface area contributed by atoms with Crippen LogP contribution >= 0.6 is 0 Å². The van der Waals surface area contributed by atoms with Crippen LogP contribution in [0.3, 0.4) is 0 Å². The molecule has 4 nitrogen and oxygen atoms in total. The molecule has 1 aliphatic heterocycles. The van der Waals surface area contributed by atoms with E-state index in [4.69, 9.17) is 0 Å². The molecular weight excluding hydrogens is 272 g/mol. The normalized spacial score (nSPS) is 19.1. The molecule has 4 heteroatoms. The van der Waals surface area contributed by atoms with E-state index in [1.54, 1.807) is 0 Å². The summed E-state index contributed by atoms with van der Waals surface area (Å²) < 4.78 is 0. The molecule has 0 saturated carbocycles. The summed E-state index contributed by atoms with van der Waals surface area (Å²) in [5, 5.41) is 0. The summed E-state index contributed by atoms with van der Waals surface area (Å²) in [7, 11) is 4.17. The van der Waals surface area contributed by atoms with Gasteiger partial charge in [-0.25, -0.2) is 4.98 Å². The summed E-state index contributed by atoms with van der Waals surface area (Å²) >= 11 is 0. The van der Waals surface area contributed by atoms with Crippen molar-refractivity contribution in [3.63, 3.8) is 0 Å². The van der Waals surface area contributed by atoms with Crippen molar-refractivity contribution in [3.05, 3.63) is 53.6 Å². The topological polar surface area (TPSA) is 35.2 Å². The third kappa shape index (κ3) is 3.96. The van der Waals surface area contributed by atoms with Gasteiger partial charge >= 0.3 is 0 Å². The van der Waals surface area contributed by atoms with Gasteiger partial charge in [-0.05, 0) is 39.0 Å². The molecule has 1 fully saturated rings. The number of nitrogens with one attached hydrogen (secondary N) is 1. The Morgan fingerprint density at radius 2 is 2.09 bits per heavy atom. The molecule has 0 amide bonds. The van der Waals surface area contributed by atoms with Crippen LogP contribution in [-0.2, 0) is 13.0 Å². The molecule has 1 aromatic carbocycles. The van der Waals surface area contributed by atoms with Crippen LogP contribution in [0.25, 0.3) is 0 Å². The molecule has 1 aromatic heterocycles. The van der Waals surface area contributed by atoms with Crippen LogP contribution in [0, 0.1) is 0 Å². The first-order chi connectivity index (χ1) is 10.7. The number of imidazole rings is 1. The van der Waals surface area contributed by atoms with Crippen LogP contribution in [-0.4, -0.2) is 53.5 Å². The Labute approximate surface area is 133 Å². The first-order valence-corrected chi connectivity index (χ1v) is 8.15. The van der Waals surface area contributed by atoms with Crippen LogP contribution < -0.4 is 0 Å². The number of nitrogens with zero attached hydrogens (tertiary/aromatic N) is 3. The van der Waals surface area contributed by atoms with Crippen molar-refractivity contribution in [1.82, 2.24) is 19.8 Å². The second-order valence-corrected chi connectivity index (χ2v) is 6.55. The Morgan fingerprint density at radius 3 is 2.86 bits per heavy atom. The van der Waals surface area contributed by atoms with E-state index in [1.165, 1.54) is 30.0 Å². The lowest BCUT2D eigenvalue weighted by molar-refractivity contribution is 0.338. The lowest BCUT2D eigenvalue weighted by Crippen LogP contribution is -2.23. The largest absolute Gasteiger partial charge is 0.345 e. The van der Waals surface area contributed by atoms with E-state index in [-0.39, 0.29) is 0 Å². The Bertz CT molecular complexity index is 576. The van der Waals surface area contributed by atoms with Crippen LogP contribution in [0.1, 0.15) is 29.4 Å². The summed E-state index contributed by atoms with van der Waals surface area (Å²) in [6.07, 6.45) is 4.34. The van der Waals surface area contributed by atoms with Gasteiger partial charge in [0.15, 0.2) is 0 Å². The van der Waals surface area contributed by atoms with Gasteiger partial charge in [0.25, 0.3) is 0 Å². The molecule has 0 radical (unpaired) electrons. The predicted molar refractivity (Wildman–Crippen MR) is 89.9 cm³/mol. The summed E-state index contributed by atoms with van der Waals surface area (Å²) in [6, 6.07) is 10.8. The fourth-order valence-electron chi connectivity index (χ4n) is 3.20. The smallest absolute Gasteiger partial charge is 0.110 e. The van der Waals surface area contributed by atoms with Crippen molar-refractivity contribution < 1.29 is 0 Å². The monoisotopic (exact) mass is 298 g/mol. The zero-order chi connectivity index (χ0) is 15.4. The van der Waals surface area contributed by atoms with Gasteiger partial charge in [0, 0.05) is 37.4 Å². The standard InChI is InChI=1S/C18H26N4/c1-21(2)14-17-12-19-18(20-17)16-9-11-22(13-16)10-8-15-6-4-3-5-7-15/h3-7,12,16H,8-11,13-14H2,1-2H3,(H,19,20)/t16-/m0/s1. The van der Waals surface area contributed by atoms with Gasteiger partial charge in [-0.15, -0.1) is 0 Å². The zero-order valence-electron chi connectivity index (χ0n) is 13.6. The van der Waals surface area contributed by atoms with Gasteiger partial charge < -0.3 is 14.8 Å². The van der Waals surface area contributed by atoms with Crippen LogP contribution in [0.15, 0.2) is 36.5 Å². The number of hydrogen-bond donors (Lipinski definition) is 1. The van der Waals surface area contributed by atoms with Gasteiger partial charge in [0.2, 0.25) is 0 Å². The third-order valence-electron chi connectivity index (χ3n) is 4.35. The number of rotatable bonds is 6. The van der Waals surface area contributed by atoms with Gasteiger partial charge in [-0.3, -0.25) is 0 Å². The fourth-order valence-corrected chi connectivity index (χ4v) is 3.20. The predicted octanol–water partition coefficient (Wildman–Crippen LogP) is 2.50. The minimum absolute atomic E-state index is 0.562. The van der Waals surface area contributed by atoms with E-state index < -0.39 is 0 Å². The van der Waals surface area contributed by atoms with E-state index in [1.807, 2.05) is 6.20 Å². The SMILES string of the molecule is CN(C)Cc1cnc([C@H]2CCN(CCc3ccccc3)C2)[nH]1. The molecule has 3 rings (SSSR count). The lowest BCUT2D eigenvalue weighted by Gasteiger charge is -2.15. The summed E-state index contributed by atoms with van der Waals surface area (Å²) in [6.45, 7) is 4.38. The highest BCUT2D eigenvalue weighted by atomic mass is 15.2. The van der Waals surface area contributed by atoms with Crippen molar-refractivity contribution >= 4 is 0 Å². The van der Waals surface area contributed by atoms with E-state index in [0.29, 0.717) is 5.92 Å². The van der Waals surface area contributed by atoms with Gasteiger partial charge in [-0.2, -0.15) is 0 Å². The molecule has 0 aliphatic carbocycles. The maximum atomic E-state index is 4.60. The Kier molecular flexibility index (Phi) is 4.90. The first kappa shape index (κ1) is 15.3. The van der Waals surface area contributed by atoms with Crippen molar-refractivity contribution in [2.45, 2.75) is 25.3 Å². The Balaban J connectivity index is 1.50. The Morgan fingerprint density at radius 1 is 1.27 bits per heavy atom. The highest BCUT2D eigenvalue weighted by Crippen LogP contribution is 2.25. The molecule has 0 unspecified atom stereocenters. The van der Waals surface area contributed by atoms with E-state index in [2.05, 4.69) is 64.2 Å². The average molecular weight is 298 g/mol. The highest BCUT2D eigenvalue weighted by molar-refractivity contribution is 5.15. The number of hydrogen-bond acceptors (Lipinski definition) is 3. The number of benzene rings is 1. The summed E-state index contributed by atoms with van der Waals surface area (Å²) in [5.74, 6) is 1.73. The minimum atomic E-state index is 0.562. The molecule has 2 heterocycles. The second kappa shape index (κ2) is 7.07. The first-order valence-electron chi connectivity index (χ1n) is 8.15. The maximum Gasteiger partial charge on any atom is 0.110 e. The molecular formula is C18H26N4. The molecule has 1 saturated heterocycles. The lowest BCUT2D eigenvalue weighted by atomic mass is 10.1. The van der Waals surface area contributed by atoms with Gasteiger partial charge in [-0.1, -0.05) is 30.3 Å². The van der Waals surface area contributed by atoms with Crippen LogP contribution in [0.2, 0.25) is 0 Å². The molecule has 0 spiro atoms. The third-order valence-corrected chi connectivity index (χ3v) is 4.35. The molecule has 1 atom stereocenters. The second-order valence-electron chi connectivity index (χ2n) is 6.55. The summed E-state index contributed by atoms with van der Waals surface area (Å²) in [4.78, 5) is 12.8. The number of aromatic nitrogens is 2. The quantitative estimate of drug-likeness (QED) is 0.890. The molecule has 1 aliphatic rings. The molecule has 118 valence electrons. The van der Waals surface area contributed by atoms with Crippen molar-refractivity contribution in [1.29, 1.82) is 0 Å². The zero-order valence-corrected chi connectivity index (χ0v) is 13.6. The van der Waals surface area contributed by atoms with E-state index >= 15 is 0 Å². The number of likely N-dealkylation sites (tertiary alicyclic amines) is 1. The van der Waals surface area contributed by atoms with E-state index in [0.717, 1.165) is 26.1 Å². The number of H-pyrrole nitrogens is 1. The molecule has 22 heavy (non-hydrogen) atoms. The molecule has 1 N–H and O–H groups in total. The van der Waals surface area contributed by atoms with Gasteiger partial charge in [0.1, 0.15) is 5.82 Å². The number of aromatic amines is 1. The van der Waals surface area contributed by atoms with E-state index in [9.17, 15) is 0 Å².